The summed E-state index contributed by atoms with van der Waals surface area (Å²) in [6.45, 7) is 0. The normalized spacial score (nSPS) is 8.75. The van der Waals surface area contributed by atoms with Crippen LogP contribution in [0.2, 0.25) is 0 Å². The van der Waals surface area contributed by atoms with Gasteiger partial charge in [-0.1, -0.05) is 0 Å². The smallest absolute Gasteiger partial charge is 0 e. The van der Waals surface area contributed by atoms with E-state index in [9.17, 15) is 4.57 Å². The van der Waals surface area contributed by atoms with Crippen molar-refractivity contribution in [2.45, 2.75) is 0 Å². The van der Waals surface area contributed by atoms with Gasteiger partial charge in [0.15, 0.2) is 0 Å². The van der Waals surface area contributed by atoms with E-state index in [2.05, 4.69) is 3.18 Å². The van der Waals surface area contributed by atoms with Gasteiger partial charge in [0.2, 0.25) is 0 Å². The molecule has 0 aliphatic carbocycles. The van der Waals surface area contributed by atoms with Crippen molar-refractivity contribution in [1.82, 2.24) is 0 Å². The molecule has 4 nitrogen and oxygen atoms in total. The van der Waals surface area contributed by atoms with Crippen LogP contribution in [-0.4, -0.2) is 9.79 Å². The zero-order chi connectivity index (χ0) is 5.21. The number of hydrogen-bond donors (Lipinski definition) is 2. The van der Waals surface area contributed by atoms with E-state index in [1.807, 2.05) is 0 Å². The third-order valence-corrected chi connectivity index (χ3v) is 1.72. The van der Waals surface area contributed by atoms with Crippen LogP contribution in [0, 0.1) is 0 Å². The quantitative estimate of drug-likeness (QED) is 0.496. The molecule has 0 unspecified atom stereocenters. The van der Waals surface area contributed by atoms with E-state index in [1.165, 1.54) is 0 Å². The Bertz CT molecular complexity index is 80.1. The molecule has 2 radical (unpaired) electrons. The molecule has 0 aromatic carbocycles. The average Bonchev–Trinajstić information content (AvgIpc) is 1.35. The first-order valence-corrected chi connectivity index (χ1v) is 3.28. The average molecular weight is 352 g/mol. The first-order valence-electron chi connectivity index (χ1n) is 0.932. The molecule has 0 rings (SSSR count). The van der Waals surface area contributed by atoms with Crippen molar-refractivity contribution in [2.75, 3.05) is 0 Å². The maximum Gasteiger partial charge on any atom is 0 e. The molecule has 0 fully saturated rings. The second-order valence-corrected chi connectivity index (χ2v) is 2.79. The Hall–Kier alpha value is 2.12. The van der Waals surface area contributed by atoms with Gasteiger partial charge in [-0.15, -0.1) is 0 Å². The predicted molar refractivity (Wildman–Crippen MR) is 13.1 cm³/mol. The Labute approximate surface area is 85.7 Å². The van der Waals surface area contributed by atoms with Gasteiger partial charge in [0, 0.05) is 40.9 Å². The van der Waals surface area contributed by atoms with Gasteiger partial charge in [0.05, 0.1) is 0 Å². The number of hydrogen-bond acceptors (Lipinski definition) is 2. The van der Waals surface area contributed by atoms with Gasteiger partial charge in [-0.3, -0.25) is 0 Å². The molecule has 0 saturated heterocycles. The number of rotatable bonds is 1. The molecule has 0 heterocycles. The van der Waals surface area contributed by atoms with E-state index in [-0.39, 0.29) is 40.9 Å². The standard InChI is InChI=1S/Ag.Mo.H3O4P.V/c;;1-5(2,3)4;/h;;(H3,1,2,3,4);/q;+1;;/p-1. The molecule has 0 spiro atoms. The summed E-state index contributed by atoms with van der Waals surface area (Å²) in [5.41, 5.74) is 0. The second kappa shape index (κ2) is 7.23. The van der Waals surface area contributed by atoms with Gasteiger partial charge in [0.25, 0.3) is 0 Å². The zero-order valence-corrected chi connectivity index (χ0v) is 9.10. The third-order valence-electron chi connectivity index (χ3n) is 0.0971. The first-order chi connectivity index (χ1) is 2.56. The molecule has 0 amide bonds. The van der Waals surface area contributed by atoms with Crippen molar-refractivity contribution in [3.8, 4) is 0 Å². The molecule has 8 heavy (non-hydrogen) atoms. The summed E-state index contributed by atoms with van der Waals surface area (Å²) >= 11 is 0.883. The second-order valence-electron chi connectivity index (χ2n) is 0.565. The van der Waals surface area contributed by atoms with Crippen LogP contribution < -0.4 is 0 Å². The SMILES string of the molecule is O=P(O)(O)[O][Mo].[Ag].[V]. The summed E-state index contributed by atoms with van der Waals surface area (Å²) in [5, 5.41) is 0. The van der Waals surface area contributed by atoms with Crippen LogP contribution in [0.1, 0.15) is 0 Å². The molecule has 0 saturated carbocycles. The topological polar surface area (TPSA) is 66.8 Å². The fourth-order valence-corrected chi connectivity index (χ4v) is 0. The molecule has 8 heteroatoms. The molecule has 0 aromatic heterocycles. The van der Waals surface area contributed by atoms with Crippen LogP contribution in [0.15, 0.2) is 0 Å². The molecule has 0 bridgehead atoms. The van der Waals surface area contributed by atoms with Gasteiger partial charge < -0.3 is 0 Å². The van der Waals surface area contributed by atoms with Crippen LogP contribution in [0.25, 0.3) is 0 Å². The maximum atomic E-state index is 9.47. The largest absolute Gasteiger partial charge is 0 e. The van der Waals surface area contributed by atoms with Crippen LogP contribution in [-0.2, 0) is 68.9 Å². The van der Waals surface area contributed by atoms with E-state index in [1.54, 1.807) is 0 Å². The molecule has 2 N–H and O–H groups in total. The fraction of sp³-hybridized carbons (Fsp3) is 0. The van der Waals surface area contributed by atoms with E-state index in [0.29, 0.717) is 0 Å². The van der Waals surface area contributed by atoms with Gasteiger partial charge in [-0.05, 0) is 0 Å². The van der Waals surface area contributed by atoms with Crippen molar-refractivity contribution in [1.29, 1.82) is 0 Å². The van der Waals surface area contributed by atoms with Crippen molar-refractivity contribution >= 4 is 7.82 Å². The van der Waals surface area contributed by atoms with Crippen molar-refractivity contribution in [3.05, 3.63) is 0 Å². The van der Waals surface area contributed by atoms with Crippen molar-refractivity contribution in [2.24, 2.45) is 0 Å². The zero-order valence-electron chi connectivity index (χ0n) is 3.32. The fourth-order valence-electron chi connectivity index (χ4n) is 0. The van der Waals surface area contributed by atoms with Gasteiger partial charge in [-0.2, -0.15) is 0 Å². The van der Waals surface area contributed by atoms with Crippen LogP contribution in [0.5, 0.6) is 0 Å². The van der Waals surface area contributed by atoms with Gasteiger partial charge >= 0.3 is 45.5 Å². The third kappa shape index (κ3) is 15.7. The van der Waals surface area contributed by atoms with Crippen LogP contribution in [0.4, 0.5) is 0 Å². The number of phosphoric acid groups is 1. The summed E-state index contributed by atoms with van der Waals surface area (Å²) in [6, 6.07) is 0. The molecule has 0 aliphatic heterocycles. The summed E-state index contributed by atoms with van der Waals surface area (Å²) in [4.78, 5) is 15.4. The minimum Gasteiger partial charge on any atom is 0 e. The van der Waals surface area contributed by atoms with Crippen molar-refractivity contribution < 1.29 is 78.7 Å². The Morgan fingerprint density at radius 1 is 1.50 bits per heavy atom. The van der Waals surface area contributed by atoms with E-state index >= 15 is 0 Å². The van der Waals surface area contributed by atoms with E-state index in [4.69, 9.17) is 9.79 Å². The summed E-state index contributed by atoms with van der Waals surface area (Å²) in [5.74, 6) is 0. The molecule has 53 valence electrons. The van der Waals surface area contributed by atoms with Gasteiger partial charge in [0.1, 0.15) is 0 Å². The molecule has 0 atom stereocenters. The Balaban J connectivity index is -0.000000125. The van der Waals surface area contributed by atoms with E-state index in [0.717, 1.165) is 20.2 Å². The summed E-state index contributed by atoms with van der Waals surface area (Å²) in [7, 11) is -4.14. The van der Waals surface area contributed by atoms with Crippen LogP contribution >= 0.6 is 7.82 Å². The van der Waals surface area contributed by atoms with Crippen LogP contribution in [0.3, 0.4) is 0 Å². The van der Waals surface area contributed by atoms with Crippen molar-refractivity contribution in [3.63, 3.8) is 0 Å². The minimum atomic E-state index is -4.14. The molecular formula is H2AgMoO4PV. The Kier molecular flexibility index (Phi) is 15.0. The van der Waals surface area contributed by atoms with Gasteiger partial charge in [-0.25, -0.2) is 0 Å². The monoisotopic (exact) mass is 353 g/mol. The molecular weight excluding hydrogens is 350 g/mol. The molecule has 0 aromatic rings. The minimum absolute atomic E-state index is 0. The maximum absolute atomic E-state index is 9.47. The predicted octanol–water partition coefficient (Wildman–Crippen LogP) is -0.448. The summed E-state index contributed by atoms with van der Waals surface area (Å²) < 4.78 is 13.1. The Morgan fingerprint density at radius 3 is 1.62 bits per heavy atom. The summed E-state index contributed by atoms with van der Waals surface area (Å²) in [6.07, 6.45) is 0. The molecule has 0 aliphatic rings. The van der Waals surface area contributed by atoms with E-state index < -0.39 is 7.82 Å². The Morgan fingerprint density at radius 2 is 1.62 bits per heavy atom. The first kappa shape index (κ1) is 16.6.